The summed E-state index contributed by atoms with van der Waals surface area (Å²) in [5, 5.41) is 9.88. The Kier molecular flexibility index (Phi) is 3.15. The zero-order chi connectivity index (χ0) is 8.20. The molecule has 0 saturated heterocycles. The van der Waals surface area contributed by atoms with Gasteiger partial charge in [0.05, 0.1) is 0 Å². The van der Waals surface area contributed by atoms with Crippen molar-refractivity contribution in [1.29, 1.82) is 0 Å². The first kappa shape index (κ1) is 9.23. The summed E-state index contributed by atoms with van der Waals surface area (Å²) in [7, 11) is 0. The normalized spacial score (nSPS) is 11.1. The molecule has 0 N–H and O–H groups in total. The SMILES string of the molecule is CCOC(C)(C)OC([O])=O. The van der Waals surface area contributed by atoms with Crippen LogP contribution in [0.1, 0.15) is 20.8 Å². The van der Waals surface area contributed by atoms with Crippen molar-refractivity contribution in [3.8, 4) is 0 Å². The summed E-state index contributed by atoms with van der Waals surface area (Å²) in [4.78, 5) is 9.88. The highest BCUT2D eigenvalue weighted by molar-refractivity contribution is 5.56. The van der Waals surface area contributed by atoms with E-state index in [4.69, 9.17) is 4.74 Å². The molecule has 59 valence electrons. The number of carbonyl (C=O) groups is 1. The van der Waals surface area contributed by atoms with Crippen LogP contribution in [0.4, 0.5) is 4.79 Å². The Morgan fingerprint density at radius 2 is 2.00 bits per heavy atom. The van der Waals surface area contributed by atoms with Gasteiger partial charge in [0.15, 0.2) is 0 Å². The largest absolute Gasteiger partial charge is 0.552 e. The van der Waals surface area contributed by atoms with Crippen molar-refractivity contribution >= 4 is 6.16 Å². The molecule has 4 nitrogen and oxygen atoms in total. The summed E-state index contributed by atoms with van der Waals surface area (Å²) in [5.74, 6) is -1.09. The molecule has 0 aromatic heterocycles. The molecule has 0 aliphatic heterocycles. The van der Waals surface area contributed by atoms with Crippen LogP contribution in [0.3, 0.4) is 0 Å². The van der Waals surface area contributed by atoms with E-state index in [9.17, 15) is 9.90 Å². The number of hydrogen-bond acceptors (Lipinski definition) is 3. The minimum Gasteiger partial charge on any atom is -0.400 e. The Morgan fingerprint density at radius 3 is 2.30 bits per heavy atom. The average Bonchev–Trinajstić information content (AvgIpc) is 1.59. The van der Waals surface area contributed by atoms with Gasteiger partial charge in [0.1, 0.15) is 0 Å². The van der Waals surface area contributed by atoms with E-state index in [1.54, 1.807) is 6.92 Å². The maximum absolute atomic E-state index is 9.88. The molecule has 0 heterocycles. The van der Waals surface area contributed by atoms with Crippen LogP contribution < -0.4 is 0 Å². The predicted octanol–water partition coefficient (Wildman–Crippen LogP) is 1.33. The minimum absolute atomic E-state index is 0.403. The van der Waals surface area contributed by atoms with Crippen LogP contribution >= 0.6 is 0 Å². The third-order valence-corrected chi connectivity index (χ3v) is 0.821. The van der Waals surface area contributed by atoms with Crippen LogP contribution in [-0.4, -0.2) is 18.5 Å². The second-order valence-corrected chi connectivity index (χ2v) is 2.18. The fraction of sp³-hybridized carbons (Fsp3) is 0.833. The van der Waals surface area contributed by atoms with Gasteiger partial charge in [0.2, 0.25) is 5.79 Å². The van der Waals surface area contributed by atoms with Gasteiger partial charge in [-0.25, -0.2) is 0 Å². The van der Waals surface area contributed by atoms with Gasteiger partial charge in [-0.05, 0) is 6.92 Å². The summed E-state index contributed by atoms with van der Waals surface area (Å²) >= 11 is 0. The maximum Gasteiger partial charge on any atom is 0.552 e. The average molecular weight is 147 g/mol. The molecule has 4 heteroatoms. The second kappa shape index (κ2) is 3.41. The lowest BCUT2D eigenvalue weighted by atomic mass is 10.4. The third kappa shape index (κ3) is 4.14. The van der Waals surface area contributed by atoms with Crippen molar-refractivity contribution in [2.75, 3.05) is 6.61 Å². The van der Waals surface area contributed by atoms with E-state index < -0.39 is 11.9 Å². The highest BCUT2D eigenvalue weighted by atomic mass is 16.8. The fourth-order valence-corrected chi connectivity index (χ4v) is 0.578. The first-order valence-electron chi connectivity index (χ1n) is 3.02. The number of rotatable bonds is 3. The zero-order valence-electron chi connectivity index (χ0n) is 6.34. The van der Waals surface area contributed by atoms with Gasteiger partial charge in [-0.15, -0.1) is 0 Å². The Hall–Kier alpha value is -0.770. The van der Waals surface area contributed by atoms with Gasteiger partial charge in [0, 0.05) is 20.5 Å². The van der Waals surface area contributed by atoms with Gasteiger partial charge in [-0.3, -0.25) is 0 Å². The molecule has 0 aromatic carbocycles. The molecular weight excluding hydrogens is 136 g/mol. The molecule has 0 unspecified atom stereocenters. The van der Waals surface area contributed by atoms with E-state index in [1.165, 1.54) is 13.8 Å². The van der Waals surface area contributed by atoms with Crippen molar-refractivity contribution in [2.45, 2.75) is 26.6 Å². The molecule has 10 heavy (non-hydrogen) atoms. The van der Waals surface area contributed by atoms with Crippen molar-refractivity contribution in [3.05, 3.63) is 0 Å². The molecule has 1 radical (unpaired) electrons. The Morgan fingerprint density at radius 1 is 1.50 bits per heavy atom. The lowest BCUT2D eigenvalue weighted by Gasteiger charge is -2.21. The van der Waals surface area contributed by atoms with E-state index in [1.807, 2.05) is 0 Å². The van der Waals surface area contributed by atoms with Gasteiger partial charge < -0.3 is 9.47 Å². The van der Waals surface area contributed by atoms with E-state index >= 15 is 0 Å². The first-order valence-corrected chi connectivity index (χ1v) is 3.02. The number of hydrogen-bond donors (Lipinski definition) is 0. The van der Waals surface area contributed by atoms with E-state index in [-0.39, 0.29) is 0 Å². The quantitative estimate of drug-likeness (QED) is 0.447. The number of ether oxygens (including phenoxy) is 2. The Labute approximate surface area is 59.7 Å². The standard InChI is InChI=1S/C6H11O4/c1-4-9-6(2,3)10-5(7)8/h4H2,1-3H3. The fourth-order valence-electron chi connectivity index (χ4n) is 0.578. The van der Waals surface area contributed by atoms with Gasteiger partial charge in [-0.2, -0.15) is 9.90 Å². The third-order valence-electron chi connectivity index (χ3n) is 0.821. The van der Waals surface area contributed by atoms with Crippen LogP contribution in [0.2, 0.25) is 0 Å². The topological polar surface area (TPSA) is 55.4 Å². The molecule has 0 spiro atoms. The molecule has 0 saturated carbocycles. The first-order chi connectivity index (χ1) is 4.48. The zero-order valence-corrected chi connectivity index (χ0v) is 6.34. The lowest BCUT2D eigenvalue weighted by molar-refractivity contribution is -0.186. The highest BCUT2D eigenvalue weighted by Crippen LogP contribution is 2.10. The van der Waals surface area contributed by atoms with Crippen molar-refractivity contribution in [1.82, 2.24) is 0 Å². The van der Waals surface area contributed by atoms with E-state index in [0.29, 0.717) is 6.61 Å². The molecule has 0 aliphatic rings. The van der Waals surface area contributed by atoms with Crippen LogP contribution in [0.25, 0.3) is 0 Å². The summed E-state index contributed by atoms with van der Waals surface area (Å²) < 4.78 is 9.16. The Bertz CT molecular complexity index is 119. The molecule has 0 amide bonds. The summed E-state index contributed by atoms with van der Waals surface area (Å²) in [5.41, 5.74) is 0. The maximum atomic E-state index is 9.88. The second-order valence-electron chi connectivity index (χ2n) is 2.18. The van der Waals surface area contributed by atoms with E-state index in [0.717, 1.165) is 0 Å². The minimum atomic E-state index is -1.57. The van der Waals surface area contributed by atoms with Gasteiger partial charge >= 0.3 is 6.16 Å². The molecule has 0 atom stereocenters. The van der Waals surface area contributed by atoms with Gasteiger partial charge in [-0.1, -0.05) is 0 Å². The smallest absolute Gasteiger partial charge is 0.400 e. The molecule has 0 rings (SSSR count). The summed E-state index contributed by atoms with van der Waals surface area (Å²) in [6, 6.07) is 0. The van der Waals surface area contributed by atoms with E-state index in [2.05, 4.69) is 4.74 Å². The van der Waals surface area contributed by atoms with Crippen LogP contribution in [0, 0.1) is 0 Å². The van der Waals surface area contributed by atoms with Crippen molar-refractivity contribution in [3.63, 3.8) is 0 Å². The van der Waals surface area contributed by atoms with Crippen LogP contribution in [0.5, 0.6) is 0 Å². The highest BCUT2D eigenvalue weighted by Gasteiger charge is 2.22. The molecule has 0 bridgehead atoms. The molecular formula is C6H11O4. The molecule has 0 aliphatic carbocycles. The lowest BCUT2D eigenvalue weighted by Crippen LogP contribution is -2.30. The molecule has 0 aromatic rings. The number of carbonyl (C=O) groups excluding carboxylic acids is 1. The summed E-state index contributed by atoms with van der Waals surface area (Å²) in [6.45, 7) is 5.17. The molecule has 0 fully saturated rings. The Balaban J connectivity index is 3.74. The van der Waals surface area contributed by atoms with Gasteiger partial charge in [0.25, 0.3) is 0 Å². The van der Waals surface area contributed by atoms with Crippen molar-refractivity contribution < 1.29 is 19.4 Å². The summed E-state index contributed by atoms with van der Waals surface area (Å²) in [6.07, 6.45) is -1.57. The monoisotopic (exact) mass is 147 g/mol. The van der Waals surface area contributed by atoms with Crippen LogP contribution in [-0.2, 0) is 14.6 Å². The van der Waals surface area contributed by atoms with Crippen LogP contribution in [0.15, 0.2) is 0 Å². The predicted molar refractivity (Wildman–Crippen MR) is 32.9 cm³/mol. The van der Waals surface area contributed by atoms with Crippen molar-refractivity contribution in [2.24, 2.45) is 0 Å².